The summed E-state index contributed by atoms with van der Waals surface area (Å²) in [6.45, 7) is 9.09. The van der Waals surface area contributed by atoms with Crippen molar-refractivity contribution in [2.45, 2.75) is 64.1 Å². The van der Waals surface area contributed by atoms with Crippen LogP contribution in [-0.4, -0.2) is 50.4 Å². The smallest absolute Gasteiger partial charge is 0.264 e. The summed E-state index contributed by atoms with van der Waals surface area (Å²) in [6.07, 6.45) is 0.355. The number of ether oxygens (including phenoxy) is 1. The molecular formula is C31H39N3O5S. The van der Waals surface area contributed by atoms with E-state index < -0.39 is 34.1 Å². The van der Waals surface area contributed by atoms with E-state index in [0.29, 0.717) is 17.9 Å². The highest BCUT2D eigenvalue weighted by molar-refractivity contribution is 7.92. The molecule has 40 heavy (non-hydrogen) atoms. The van der Waals surface area contributed by atoms with E-state index in [0.717, 1.165) is 15.4 Å². The number of benzene rings is 3. The van der Waals surface area contributed by atoms with E-state index in [9.17, 15) is 18.0 Å². The molecule has 214 valence electrons. The number of amides is 2. The molecular weight excluding hydrogens is 526 g/mol. The predicted molar refractivity (Wildman–Crippen MR) is 158 cm³/mol. The third-order valence-electron chi connectivity index (χ3n) is 6.29. The molecule has 8 nitrogen and oxygen atoms in total. The van der Waals surface area contributed by atoms with Gasteiger partial charge >= 0.3 is 0 Å². The first-order valence-electron chi connectivity index (χ1n) is 13.2. The van der Waals surface area contributed by atoms with Gasteiger partial charge < -0.3 is 15.0 Å². The highest BCUT2D eigenvalue weighted by Gasteiger charge is 2.34. The van der Waals surface area contributed by atoms with Gasteiger partial charge in [-0.3, -0.25) is 13.9 Å². The number of anilines is 1. The van der Waals surface area contributed by atoms with Crippen molar-refractivity contribution in [3.8, 4) is 5.75 Å². The summed E-state index contributed by atoms with van der Waals surface area (Å²) in [5.74, 6) is -0.233. The summed E-state index contributed by atoms with van der Waals surface area (Å²) in [5, 5.41) is 2.98. The molecule has 2 amide bonds. The number of rotatable bonds is 11. The Morgan fingerprint density at radius 2 is 1.60 bits per heavy atom. The van der Waals surface area contributed by atoms with Crippen molar-refractivity contribution in [3.05, 3.63) is 90.0 Å². The summed E-state index contributed by atoms with van der Waals surface area (Å²) < 4.78 is 34.0. The quantitative estimate of drug-likeness (QED) is 0.356. The molecule has 3 aromatic rings. The van der Waals surface area contributed by atoms with Crippen LogP contribution in [0.1, 0.15) is 45.2 Å². The molecule has 0 spiro atoms. The van der Waals surface area contributed by atoms with Crippen LogP contribution in [0.15, 0.2) is 83.8 Å². The zero-order chi connectivity index (χ0) is 29.5. The maximum atomic E-state index is 14.1. The maximum Gasteiger partial charge on any atom is 0.264 e. The van der Waals surface area contributed by atoms with Crippen LogP contribution in [-0.2, 0) is 26.2 Å². The Kier molecular flexibility index (Phi) is 9.98. The maximum absolute atomic E-state index is 14.1. The Balaban J connectivity index is 2.06. The summed E-state index contributed by atoms with van der Waals surface area (Å²) in [4.78, 5) is 29.0. The van der Waals surface area contributed by atoms with E-state index in [1.54, 1.807) is 42.5 Å². The van der Waals surface area contributed by atoms with Crippen molar-refractivity contribution in [3.63, 3.8) is 0 Å². The van der Waals surface area contributed by atoms with E-state index in [1.807, 2.05) is 58.9 Å². The molecule has 1 N–H and O–H groups in total. The Labute approximate surface area is 238 Å². The third kappa shape index (κ3) is 7.85. The van der Waals surface area contributed by atoms with Gasteiger partial charge in [0.15, 0.2) is 0 Å². The Bertz CT molecular complexity index is 1400. The van der Waals surface area contributed by atoms with Crippen molar-refractivity contribution < 1.29 is 22.7 Å². The number of carbonyl (C=O) groups excluding carboxylic acids is 2. The zero-order valence-electron chi connectivity index (χ0n) is 24.0. The normalized spacial score (nSPS) is 12.3. The summed E-state index contributed by atoms with van der Waals surface area (Å²) in [5.41, 5.74) is 1.66. The topological polar surface area (TPSA) is 96.0 Å². The van der Waals surface area contributed by atoms with E-state index in [2.05, 4.69) is 5.32 Å². The van der Waals surface area contributed by atoms with Crippen LogP contribution in [0.4, 0.5) is 5.69 Å². The number of hydrogen-bond donors (Lipinski definition) is 1. The van der Waals surface area contributed by atoms with Gasteiger partial charge in [0.2, 0.25) is 11.8 Å². The summed E-state index contributed by atoms with van der Waals surface area (Å²) >= 11 is 0. The molecule has 0 heterocycles. The Morgan fingerprint density at radius 3 is 2.15 bits per heavy atom. The molecule has 0 aliphatic carbocycles. The molecule has 0 aromatic heterocycles. The first-order valence-corrected chi connectivity index (χ1v) is 14.7. The molecule has 0 aliphatic rings. The van der Waals surface area contributed by atoms with E-state index in [4.69, 9.17) is 4.74 Å². The predicted octanol–water partition coefficient (Wildman–Crippen LogP) is 4.92. The minimum atomic E-state index is -4.12. The lowest BCUT2D eigenvalue weighted by Gasteiger charge is -2.34. The van der Waals surface area contributed by atoms with Gasteiger partial charge in [-0.05, 0) is 76.1 Å². The van der Waals surface area contributed by atoms with Crippen LogP contribution in [0, 0.1) is 6.92 Å². The molecule has 0 radical (unpaired) electrons. The van der Waals surface area contributed by atoms with Crippen LogP contribution in [0.5, 0.6) is 5.75 Å². The third-order valence-corrected chi connectivity index (χ3v) is 8.08. The second-order valence-electron chi connectivity index (χ2n) is 10.7. The van der Waals surface area contributed by atoms with Crippen LogP contribution in [0.25, 0.3) is 0 Å². The minimum absolute atomic E-state index is 0.0568. The molecule has 0 aliphatic heterocycles. The first kappa shape index (κ1) is 30.7. The van der Waals surface area contributed by atoms with Gasteiger partial charge in [0.1, 0.15) is 18.3 Å². The highest BCUT2D eigenvalue weighted by Crippen LogP contribution is 2.27. The van der Waals surface area contributed by atoms with Crippen LogP contribution in [0.3, 0.4) is 0 Å². The van der Waals surface area contributed by atoms with Gasteiger partial charge in [0.05, 0.1) is 17.7 Å². The number of nitrogens with one attached hydrogen (secondary N) is 1. The average Bonchev–Trinajstić information content (AvgIpc) is 2.91. The molecule has 9 heteroatoms. The van der Waals surface area contributed by atoms with Crippen molar-refractivity contribution in [2.24, 2.45) is 0 Å². The fraction of sp³-hybridized carbons (Fsp3) is 0.355. The highest BCUT2D eigenvalue weighted by atomic mass is 32.2. The van der Waals surface area contributed by atoms with Gasteiger partial charge in [0.25, 0.3) is 10.0 Å². The van der Waals surface area contributed by atoms with Crippen LogP contribution in [0.2, 0.25) is 0 Å². The van der Waals surface area contributed by atoms with Crippen molar-refractivity contribution in [1.82, 2.24) is 10.2 Å². The standard InChI is InChI=1S/C31H39N3O5S/c1-7-28(30(36)32-31(3,4)5)33(21-24-13-11-12-23(2)20-24)29(35)22-34(25-16-18-26(39-6)19-17-25)40(37,38)27-14-9-8-10-15-27/h8-20,28H,7,21-22H2,1-6H3,(H,32,36)/t28-/m0/s1. The molecule has 3 aromatic carbocycles. The van der Waals surface area contributed by atoms with Crippen molar-refractivity contribution in [1.29, 1.82) is 0 Å². The van der Waals surface area contributed by atoms with Crippen molar-refractivity contribution >= 4 is 27.5 Å². The second kappa shape index (κ2) is 13.0. The zero-order valence-corrected chi connectivity index (χ0v) is 24.9. The number of hydrogen-bond acceptors (Lipinski definition) is 5. The van der Waals surface area contributed by atoms with Crippen LogP contribution < -0.4 is 14.4 Å². The number of aryl methyl sites for hydroxylation is 1. The van der Waals surface area contributed by atoms with E-state index in [1.165, 1.54) is 24.1 Å². The Hall–Kier alpha value is -3.85. The number of carbonyl (C=O) groups is 2. The van der Waals surface area contributed by atoms with Gasteiger partial charge in [-0.2, -0.15) is 0 Å². The fourth-order valence-corrected chi connectivity index (χ4v) is 5.81. The lowest BCUT2D eigenvalue weighted by Crippen LogP contribution is -2.55. The fourth-order valence-electron chi connectivity index (χ4n) is 4.38. The molecule has 0 saturated heterocycles. The Morgan fingerprint density at radius 1 is 0.950 bits per heavy atom. The molecule has 3 rings (SSSR count). The largest absolute Gasteiger partial charge is 0.497 e. The van der Waals surface area contributed by atoms with E-state index in [-0.39, 0.29) is 17.3 Å². The van der Waals surface area contributed by atoms with Crippen molar-refractivity contribution in [2.75, 3.05) is 18.0 Å². The summed E-state index contributed by atoms with van der Waals surface area (Å²) in [6, 6.07) is 21.4. The number of nitrogens with zero attached hydrogens (tertiary/aromatic N) is 2. The monoisotopic (exact) mass is 565 g/mol. The van der Waals surface area contributed by atoms with Crippen LogP contribution >= 0.6 is 0 Å². The lowest BCUT2D eigenvalue weighted by molar-refractivity contribution is -0.141. The molecule has 1 atom stereocenters. The number of methoxy groups -OCH3 is 1. The van der Waals surface area contributed by atoms with Gasteiger partial charge in [-0.1, -0.05) is 55.0 Å². The summed E-state index contributed by atoms with van der Waals surface area (Å²) in [7, 11) is -2.60. The minimum Gasteiger partial charge on any atom is -0.497 e. The van der Waals surface area contributed by atoms with Gasteiger partial charge in [-0.25, -0.2) is 8.42 Å². The molecule has 0 unspecified atom stereocenters. The molecule has 0 saturated carbocycles. The average molecular weight is 566 g/mol. The van der Waals surface area contributed by atoms with Gasteiger partial charge in [-0.15, -0.1) is 0 Å². The van der Waals surface area contributed by atoms with Gasteiger partial charge in [0, 0.05) is 12.1 Å². The SMILES string of the molecule is CC[C@@H](C(=O)NC(C)(C)C)N(Cc1cccc(C)c1)C(=O)CN(c1ccc(OC)cc1)S(=O)(=O)c1ccccc1. The molecule has 0 fully saturated rings. The number of sulfonamides is 1. The molecule has 0 bridgehead atoms. The lowest BCUT2D eigenvalue weighted by atomic mass is 10.0. The van der Waals surface area contributed by atoms with E-state index >= 15 is 0 Å². The second-order valence-corrected chi connectivity index (χ2v) is 12.6. The first-order chi connectivity index (χ1) is 18.9.